The number of hydrogen-bond acceptors (Lipinski definition) is 5. The zero-order valence-corrected chi connectivity index (χ0v) is 20.2. The number of rotatable bonds is 4. The normalized spacial score (nSPS) is 16.0. The molecule has 8 nitrogen and oxygen atoms in total. The summed E-state index contributed by atoms with van der Waals surface area (Å²) in [5, 5.41) is 18.6. The van der Waals surface area contributed by atoms with Crippen LogP contribution in [0.25, 0.3) is 27.8 Å². The first-order valence-corrected chi connectivity index (χ1v) is 11.6. The summed E-state index contributed by atoms with van der Waals surface area (Å²) in [7, 11) is 5.71. The van der Waals surface area contributed by atoms with E-state index in [4.69, 9.17) is 5.26 Å². The molecular formula is C26H25F2N7O. The largest absolute Gasteiger partial charge is 0.336 e. The minimum Gasteiger partial charge on any atom is -0.336 e. The standard InChI is InChI=1S/C26H25F2N7O/c1-32(2)20-5-4-10-34(15-20)26(36)24-23(28)25(16-7-9-22-18(11-16)14-33(3)30-22)35(31-24)19-8-6-17(13-29)21(27)12-19/h6-9,11-12,14,20H,4-5,10,15H2,1-3H3/t20-/m1/s1. The molecular weight excluding hydrogens is 464 g/mol. The topological polar surface area (TPSA) is 83.0 Å². The molecule has 2 aromatic carbocycles. The monoisotopic (exact) mass is 489 g/mol. The van der Waals surface area contributed by atoms with Gasteiger partial charge in [0.2, 0.25) is 0 Å². The van der Waals surface area contributed by atoms with Crippen LogP contribution in [0, 0.1) is 23.0 Å². The number of benzene rings is 2. The lowest BCUT2D eigenvalue weighted by Crippen LogP contribution is -2.47. The van der Waals surface area contributed by atoms with Crippen molar-refractivity contribution >= 4 is 16.8 Å². The van der Waals surface area contributed by atoms with Crippen molar-refractivity contribution in [3.05, 3.63) is 65.5 Å². The van der Waals surface area contributed by atoms with Gasteiger partial charge >= 0.3 is 0 Å². The fourth-order valence-electron chi connectivity index (χ4n) is 4.70. The Bertz CT molecular complexity index is 1510. The van der Waals surface area contributed by atoms with Crippen LogP contribution in [0.15, 0.2) is 42.6 Å². The third-order valence-electron chi connectivity index (χ3n) is 6.65. The molecule has 1 aliphatic rings. The van der Waals surface area contributed by atoms with Crippen molar-refractivity contribution in [1.82, 2.24) is 29.4 Å². The van der Waals surface area contributed by atoms with Gasteiger partial charge in [0.15, 0.2) is 11.5 Å². The molecule has 0 bridgehead atoms. The number of aryl methyl sites for hydroxylation is 1. The van der Waals surface area contributed by atoms with E-state index in [1.807, 2.05) is 14.1 Å². The summed E-state index contributed by atoms with van der Waals surface area (Å²) >= 11 is 0. The minimum atomic E-state index is -0.778. The maximum atomic E-state index is 16.1. The Morgan fingerprint density at radius 1 is 1.17 bits per heavy atom. The predicted octanol–water partition coefficient (Wildman–Crippen LogP) is 3.74. The first-order chi connectivity index (χ1) is 17.3. The maximum absolute atomic E-state index is 16.1. The van der Waals surface area contributed by atoms with E-state index in [2.05, 4.69) is 15.1 Å². The van der Waals surface area contributed by atoms with Gasteiger partial charge in [0.1, 0.15) is 17.6 Å². The molecule has 0 spiro atoms. The summed E-state index contributed by atoms with van der Waals surface area (Å²) in [6.07, 6.45) is 3.57. The van der Waals surface area contributed by atoms with Crippen molar-refractivity contribution in [3.8, 4) is 23.0 Å². The van der Waals surface area contributed by atoms with Gasteiger partial charge in [-0.3, -0.25) is 9.48 Å². The van der Waals surface area contributed by atoms with E-state index < -0.39 is 17.5 Å². The van der Waals surface area contributed by atoms with E-state index in [1.54, 1.807) is 47.1 Å². The fraction of sp³-hybridized carbons (Fsp3) is 0.308. The molecule has 3 heterocycles. The Morgan fingerprint density at radius 2 is 1.97 bits per heavy atom. The van der Waals surface area contributed by atoms with Crippen LogP contribution in [0.1, 0.15) is 28.9 Å². The Labute approximate surface area is 206 Å². The number of carbonyl (C=O) groups excluding carboxylic acids is 1. The highest BCUT2D eigenvalue weighted by atomic mass is 19.1. The van der Waals surface area contributed by atoms with Crippen molar-refractivity contribution in [2.75, 3.05) is 27.2 Å². The minimum absolute atomic E-state index is 0.0365. The summed E-state index contributed by atoms with van der Waals surface area (Å²) in [5.74, 6) is -2.03. The Hall–Kier alpha value is -4.10. The molecule has 2 aromatic heterocycles. The zero-order chi connectivity index (χ0) is 25.6. The second-order valence-electron chi connectivity index (χ2n) is 9.29. The third kappa shape index (κ3) is 4.12. The number of carbonyl (C=O) groups is 1. The van der Waals surface area contributed by atoms with Gasteiger partial charge in [-0.2, -0.15) is 15.5 Å². The molecule has 10 heteroatoms. The number of halogens is 2. The summed E-state index contributed by atoms with van der Waals surface area (Å²) < 4.78 is 33.5. The third-order valence-corrected chi connectivity index (χ3v) is 6.65. The first-order valence-electron chi connectivity index (χ1n) is 11.6. The van der Waals surface area contributed by atoms with Gasteiger partial charge in [0.05, 0.1) is 16.8 Å². The number of likely N-dealkylation sites (N-methyl/N-ethyl adjacent to an activating group) is 1. The average Bonchev–Trinajstić information content (AvgIpc) is 3.41. The molecule has 1 saturated heterocycles. The van der Waals surface area contributed by atoms with Crippen LogP contribution in [-0.2, 0) is 7.05 Å². The van der Waals surface area contributed by atoms with E-state index in [0.29, 0.717) is 18.7 Å². The Kier molecular flexibility index (Phi) is 6.02. The van der Waals surface area contributed by atoms with Crippen molar-refractivity contribution < 1.29 is 13.6 Å². The molecule has 1 aliphatic heterocycles. The number of nitriles is 1. The fourth-order valence-corrected chi connectivity index (χ4v) is 4.70. The highest BCUT2D eigenvalue weighted by Crippen LogP contribution is 2.32. The Balaban J connectivity index is 1.65. The van der Waals surface area contributed by atoms with Crippen LogP contribution in [0.2, 0.25) is 0 Å². The van der Waals surface area contributed by atoms with Gasteiger partial charge in [-0.05, 0) is 51.2 Å². The molecule has 0 saturated carbocycles. The van der Waals surface area contributed by atoms with Crippen LogP contribution in [0.3, 0.4) is 0 Å². The summed E-state index contributed by atoms with van der Waals surface area (Å²) in [4.78, 5) is 17.1. The lowest BCUT2D eigenvalue weighted by molar-refractivity contribution is 0.0624. The predicted molar refractivity (Wildman–Crippen MR) is 131 cm³/mol. The quantitative estimate of drug-likeness (QED) is 0.436. The van der Waals surface area contributed by atoms with Crippen LogP contribution >= 0.6 is 0 Å². The number of likely N-dealkylation sites (tertiary alicyclic amines) is 1. The lowest BCUT2D eigenvalue weighted by atomic mass is 10.0. The van der Waals surface area contributed by atoms with Crippen LogP contribution in [0.4, 0.5) is 8.78 Å². The first kappa shape index (κ1) is 23.6. The molecule has 4 aromatic rings. The number of hydrogen-bond donors (Lipinski definition) is 0. The molecule has 0 radical (unpaired) electrons. The molecule has 1 fully saturated rings. The van der Waals surface area contributed by atoms with Crippen LogP contribution in [-0.4, -0.2) is 68.5 Å². The van der Waals surface area contributed by atoms with Gasteiger partial charge in [0, 0.05) is 49.4 Å². The smallest absolute Gasteiger partial charge is 0.277 e. The number of fused-ring (bicyclic) bond motifs is 1. The van der Waals surface area contributed by atoms with E-state index >= 15 is 4.39 Å². The zero-order valence-electron chi connectivity index (χ0n) is 20.2. The average molecular weight is 490 g/mol. The molecule has 184 valence electrons. The summed E-state index contributed by atoms with van der Waals surface area (Å²) in [6.45, 7) is 0.985. The second-order valence-corrected chi connectivity index (χ2v) is 9.29. The molecule has 5 rings (SSSR count). The van der Waals surface area contributed by atoms with Crippen LogP contribution < -0.4 is 0 Å². The molecule has 0 N–H and O–H groups in total. The number of nitrogens with zero attached hydrogens (tertiary/aromatic N) is 7. The number of aromatic nitrogens is 4. The summed E-state index contributed by atoms with van der Waals surface area (Å²) in [6, 6.07) is 11.1. The highest BCUT2D eigenvalue weighted by Gasteiger charge is 2.32. The van der Waals surface area contributed by atoms with Crippen molar-refractivity contribution in [1.29, 1.82) is 5.26 Å². The second kappa shape index (κ2) is 9.17. The van der Waals surface area contributed by atoms with Gasteiger partial charge in [-0.15, -0.1) is 0 Å². The maximum Gasteiger partial charge on any atom is 0.277 e. The lowest BCUT2D eigenvalue weighted by Gasteiger charge is -2.35. The number of amides is 1. The highest BCUT2D eigenvalue weighted by molar-refractivity contribution is 5.95. The Morgan fingerprint density at radius 3 is 2.69 bits per heavy atom. The van der Waals surface area contributed by atoms with E-state index in [9.17, 15) is 9.18 Å². The van der Waals surface area contributed by atoms with Gasteiger partial charge < -0.3 is 9.80 Å². The van der Waals surface area contributed by atoms with Gasteiger partial charge in [-0.1, -0.05) is 6.07 Å². The van der Waals surface area contributed by atoms with Crippen molar-refractivity contribution in [2.45, 2.75) is 18.9 Å². The molecule has 0 aliphatic carbocycles. The number of piperidine rings is 1. The SMILES string of the molecule is CN(C)[C@@H]1CCCN(C(=O)c2nn(-c3ccc(C#N)c(F)c3)c(-c3ccc4nn(C)cc4c3)c2F)C1. The van der Waals surface area contributed by atoms with Crippen LogP contribution in [0.5, 0.6) is 0 Å². The molecule has 1 atom stereocenters. The van der Waals surface area contributed by atoms with E-state index in [-0.39, 0.29) is 28.7 Å². The van der Waals surface area contributed by atoms with Crippen molar-refractivity contribution in [3.63, 3.8) is 0 Å². The summed E-state index contributed by atoms with van der Waals surface area (Å²) in [5.41, 5.74) is 0.986. The van der Waals surface area contributed by atoms with Gasteiger partial charge in [0.25, 0.3) is 5.91 Å². The molecule has 1 amide bonds. The molecule has 36 heavy (non-hydrogen) atoms. The molecule has 0 unspecified atom stereocenters. The van der Waals surface area contributed by atoms with Crippen molar-refractivity contribution in [2.24, 2.45) is 7.05 Å². The van der Waals surface area contributed by atoms with E-state index in [0.717, 1.165) is 29.8 Å². The van der Waals surface area contributed by atoms with Gasteiger partial charge in [-0.25, -0.2) is 13.5 Å². The van der Waals surface area contributed by atoms with E-state index in [1.165, 1.54) is 16.8 Å².